The van der Waals surface area contributed by atoms with Gasteiger partial charge in [-0.25, -0.2) is 10.4 Å². The summed E-state index contributed by atoms with van der Waals surface area (Å²) in [4.78, 5) is 17.0. The number of hydrogen-bond acceptors (Lipinski definition) is 6. The summed E-state index contributed by atoms with van der Waals surface area (Å²) in [5, 5.41) is 14.5. The molecule has 0 atom stereocenters. The van der Waals surface area contributed by atoms with Crippen LogP contribution in [0.2, 0.25) is 0 Å². The highest BCUT2D eigenvalue weighted by atomic mass is 16.5. The Morgan fingerprint density at radius 2 is 2.12 bits per heavy atom. The van der Waals surface area contributed by atoms with Crippen molar-refractivity contribution in [2.75, 3.05) is 12.5 Å². The number of hydrogen-bond donors (Lipinski definition) is 2. The molecule has 128 valence electrons. The van der Waals surface area contributed by atoms with E-state index >= 15 is 0 Å². The first-order valence-corrected chi connectivity index (χ1v) is 7.79. The van der Waals surface area contributed by atoms with E-state index in [-0.39, 0.29) is 11.3 Å². The molecule has 2 N–H and O–H groups in total. The van der Waals surface area contributed by atoms with Crippen LogP contribution in [-0.4, -0.2) is 28.0 Å². The van der Waals surface area contributed by atoms with Crippen LogP contribution in [0.3, 0.4) is 0 Å². The minimum Gasteiger partial charge on any atom is -0.504 e. The Labute approximate surface area is 144 Å². The molecule has 1 heterocycles. The number of nitrogens with one attached hydrogen (secondary N) is 1. The van der Waals surface area contributed by atoms with Gasteiger partial charge in [0.1, 0.15) is 0 Å². The quantitative estimate of drug-likeness (QED) is 0.551. The maximum absolute atomic E-state index is 12.5. The topological polar surface area (TPSA) is 88.7 Å². The molecular formula is C18H18N4O3. The third-order valence-electron chi connectivity index (χ3n) is 3.76. The van der Waals surface area contributed by atoms with Crippen LogP contribution in [0.1, 0.15) is 12.5 Å². The molecule has 7 nitrogen and oxygen atoms in total. The Morgan fingerprint density at radius 3 is 2.84 bits per heavy atom. The van der Waals surface area contributed by atoms with Gasteiger partial charge in [-0.2, -0.15) is 5.10 Å². The highest BCUT2D eigenvalue weighted by Crippen LogP contribution is 2.25. The van der Waals surface area contributed by atoms with Crippen molar-refractivity contribution in [1.82, 2.24) is 9.55 Å². The van der Waals surface area contributed by atoms with Crippen molar-refractivity contribution in [3.63, 3.8) is 0 Å². The van der Waals surface area contributed by atoms with Gasteiger partial charge in [0.2, 0.25) is 5.95 Å². The van der Waals surface area contributed by atoms with Crippen molar-refractivity contribution in [2.45, 2.75) is 13.5 Å². The molecule has 7 heteroatoms. The second kappa shape index (κ2) is 7.04. The largest absolute Gasteiger partial charge is 0.504 e. The van der Waals surface area contributed by atoms with Crippen LogP contribution in [0.25, 0.3) is 10.9 Å². The fraction of sp³-hybridized carbons (Fsp3) is 0.167. The summed E-state index contributed by atoms with van der Waals surface area (Å²) in [6.07, 6.45) is 1.53. The molecule has 0 aliphatic rings. The molecule has 0 aliphatic heterocycles. The standard InChI is InChI=1S/C18H18N4O3/c1-3-22-17(24)13-6-4-5-7-14(13)20-18(22)21-19-11-12-8-9-16(25-2)15(23)10-12/h4-11,23H,3H2,1-2H3,(H,20,21)/b19-11-. The van der Waals surface area contributed by atoms with E-state index in [0.29, 0.717) is 34.7 Å². The Kier molecular flexibility index (Phi) is 4.65. The van der Waals surface area contributed by atoms with Crippen molar-refractivity contribution in [3.8, 4) is 11.5 Å². The van der Waals surface area contributed by atoms with Gasteiger partial charge < -0.3 is 9.84 Å². The lowest BCUT2D eigenvalue weighted by molar-refractivity contribution is 0.373. The van der Waals surface area contributed by atoms with Crippen LogP contribution in [0, 0.1) is 0 Å². The molecule has 3 rings (SSSR count). The normalized spacial score (nSPS) is 11.1. The number of hydrazone groups is 1. The van der Waals surface area contributed by atoms with Gasteiger partial charge >= 0.3 is 0 Å². The van der Waals surface area contributed by atoms with Crippen LogP contribution in [0.4, 0.5) is 5.95 Å². The summed E-state index contributed by atoms with van der Waals surface area (Å²) < 4.78 is 6.52. The number of nitrogens with zero attached hydrogens (tertiary/aromatic N) is 3. The number of rotatable bonds is 5. The highest BCUT2D eigenvalue weighted by Gasteiger charge is 2.08. The van der Waals surface area contributed by atoms with E-state index in [1.165, 1.54) is 24.0 Å². The molecule has 0 unspecified atom stereocenters. The molecule has 0 saturated carbocycles. The van der Waals surface area contributed by atoms with E-state index in [4.69, 9.17) is 4.74 Å². The van der Waals surface area contributed by atoms with Crippen LogP contribution >= 0.6 is 0 Å². The number of phenolic OH excluding ortho intramolecular Hbond substituents is 1. The number of fused-ring (bicyclic) bond motifs is 1. The zero-order valence-electron chi connectivity index (χ0n) is 13.9. The molecular weight excluding hydrogens is 320 g/mol. The van der Waals surface area contributed by atoms with E-state index in [9.17, 15) is 9.90 Å². The highest BCUT2D eigenvalue weighted by molar-refractivity contribution is 5.82. The molecule has 0 radical (unpaired) electrons. The first-order valence-electron chi connectivity index (χ1n) is 7.79. The van der Waals surface area contributed by atoms with Crippen LogP contribution in [-0.2, 0) is 6.54 Å². The molecule has 1 aromatic heterocycles. The van der Waals surface area contributed by atoms with E-state index in [1.54, 1.807) is 24.3 Å². The van der Waals surface area contributed by atoms with Crippen molar-refractivity contribution in [3.05, 3.63) is 58.4 Å². The maximum Gasteiger partial charge on any atom is 0.262 e. The van der Waals surface area contributed by atoms with Gasteiger partial charge in [-0.15, -0.1) is 0 Å². The van der Waals surface area contributed by atoms with Gasteiger partial charge in [0.05, 0.1) is 24.2 Å². The molecule has 2 aromatic carbocycles. The zero-order chi connectivity index (χ0) is 17.8. The molecule has 0 amide bonds. The second-order valence-electron chi connectivity index (χ2n) is 5.30. The molecule has 3 aromatic rings. The predicted molar refractivity (Wildman–Crippen MR) is 97.6 cm³/mol. The average molecular weight is 338 g/mol. The summed E-state index contributed by atoms with van der Waals surface area (Å²) in [6.45, 7) is 2.34. The fourth-order valence-electron chi connectivity index (χ4n) is 2.50. The molecule has 25 heavy (non-hydrogen) atoms. The van der Waals surface area contributed by atoms with E-state index in [1.807, 2.05) is 19.1 Å². The van der Waals surface area contributed by atoms with Crippen LogP contribution in [0.15, 0.2) is 52.4 Å². The number of para-hydroxylation sites is 1. The lowest BCUT2D eigenvalue weighted by Gasteiger charge is -2.10. The third kappa shape index (κ3) is 3.30. The van der Waals surface area contributed by atoms with Gasteiger partial charge in [-0.3, -0.25) is 9.36 Å². The van der Waals surface area contributed by atoms with Crippen molar-refractivity contribution < 1.29 is 9.84 Å². The summed E-state index contributed by atoms with van der Waals surface area (Å²) in [6, 6.07) is 12.1. The Morgan fingerprint density at radius 1 is 1.32 bits per heavy atom. The number of benzene rings is 2. The summed E-state index contributed by atoms with van der Waals surface area (Å²) in [5.74, 6) is 0.780. The van der Waals surface area contributed by atoms with E-state index in [0.717, 1.165) is 0 Å². The van der Waals surface area contributed by atoms with Crippen molar-refractivity contribution >= 4 is 23.1 Å². The number of anilines is 1. The number of aromatic hydroxyl groups is 1. The van der Waals surface area contributed by atoms with Crippen LogP contribution in [0.5, 0.6) is 11.5 Å². The predicted octanol–water partition coefficient (Wildman–Crippen LogP) is 2.58. The van der Waals surface area contributed by atoms with Gasteiger partial charge in [-0.1, -0.05) is 12.1 Å². The average Bonchev–Trinajstić information content (AvgIpc) is 2.62. The SMILES string of the molecule is CCn1c(N/N=C\c2ccc(OC)c(O)c2)nc2ccccc2c1=O. The smallest absolute Gasteiger partial charge is 0.262 e. The number of ether oxygens (including phenoxy) is 1. The first kappa shape index (κ1) is 16.5. The first-order chi connectivity index (χ1) is 12.1. The lowest BCUT2D eigenvalue weighted by Crippen LogP contribution is -2.23. The minimum absolute atomic E-state index is 0.0285. The van der Waals surface area contributed by atoms with Gasteiger partial charge in [0, 0.05) is 6.54 Å². The zero-order valence-corrected chi connectivity index (χ0v) is 13.9. The molecule has 0 fully saturated rings. The van der Waals surface area contributed by atoms with E-state index < -0.39 is 0 Å². The number of phenols is 1. The summed E-state index contributed by atoms with van der Waals surface area (Å²) in [5.41, 5.74) is 3.97. The molecule has 0 saturated heterocycles. The Bertz CT molecular complexity index is 995. The Balaban J connectivity index is 1.90. The van der Waals surface area contributed by atoms with E-state index in [2.05, 4.69) is 15.5 Å². The third-order valence-corrected chi connectivity index (χ3v) is 3.76. The minimum atomic E-state index is -0.118. The molecule has 0 aliphatic carbocycles. The van der Waals surface area contributed by atoms with Gasteiger partial charge in [0.25, 0.3) is 5.56 Å². The van der Waals surface area contributed by atoms with Crippen LogP contribution < -0.4 is 15.7 Å². The number of aromatic nitrogens is 2. The summed E-state index contributed by atoms with van der Waals surface area (Å²) >= 11 is 0. The fourth-order valence-corrected chi connectivity index (χ4v) is 2.50. The lowest BCUT2D eigenvalue weighted by atomic mass is 10.2. The summed E-state index contributed by atoms with van der Waals surface area (Å²) in [7, 11) is 1.49. The number of methoxy groups -OCH3 is 1. The molecule has 0 spiro atoms. The van der Waals surface area contributed by atoms with Crippen molar-refractivity contribution in [1.29, 1.82) is 0 Å². The monoisotopic (exact) mass is 338 g/mol. The maximum atomic E-state index is 12.5. The Hall–Kier alpha value is -3.35. The van der Waals surface area contributed by atoms with Gasteiger partial charge in [0.15, 0.2) is 11.5 Å². The second-order valence-corrected chi connectivity index (χ2v) is 5.30. The van der Waals surface area contributed by atoms with Crippen molar-refractivity contribution in [2.24, 2.45) is 5.10 Å². The van der Waals surface area contributed by atoms with Gasteiger partial charge in [-0.05, 0) is 42.8 Å². The molecule has 0 bridgehead atoms.